The van der Waals surface area contributed by atoms with E-state index in [4.69, 9.17) is 16.2 Å². The maximum absolute atomic E-state index is 11.1. The predicted octanol–water partition coefficient (Wildman–Crippen LogP) is -0.204. The number of carbonyl (C=O) groups is 2. The van der Waals surface area contributed by atoms with Crippen molar-refractivity contribution in [3.05, 3.63) is 23.0 Å². The molecule has 0 aliphatic heterocycles. The first-order chi connectivity index (χ1) is 8.38. The number of amides is 2. The molecule has 1 unspecified atom stereocenters. The van der Waals surface area contributed by atoms with Gasteiger partial charge in [-0.3, -0.25) is 9.78 Å². The average Bonchev–Trinajstić information content (AvgIpc) is 2.30. The number of thiol groups is 1. The summed E-state index contributed by atoms with van der Waals surface area (Å²) in [6.07, 6.45) is -1.28. The Labute approximate surface area is 109 Å². The summed E-state index contributed by atoms with van der Waals surface area (Å²) in [6, 6.07) is 0. The number of hydrogen-bond donors (Lipinski definition) is 4. The molecule has 98 valence electrons. The minimum atomic E-state index is -1.62. The lowest BCUT2D eigenvalue weighted by molar-refractivity contribution is -0.126. The van der Waals surface area contributed by atoms with Gasteiger partial charge in [-0.25, -0.2) is 4.79 Å². The van der Waals surface area contributed by atoms with Gasteiger partial charge >= 0.3 is 6.09 Å². The third-order valence-corrected chi connectivity index (χ3v) is 2.59. The normalized spacial score (nSPS) is 11.9. The van der Waals surface area contributed by atoms with Crippen molar-refractivity contribution >= 4 is 24.6 Å². The maximum atomic E-state index is 11.1. The van der Waals surface area contributed by atoms with E-state index in [2.05, 4.69) is 17.6 Å². The first-order valence-electron chi connectivity index (χ1n) is 4.92. The second-order valence-electron chi connectivity index (χ2n) is 3.50. The Morgan fingerprint density at radius 1 is 1.56 bits per heavy atom. The number of ether oxygens (including phenoxy) is 1. The van der Waals surface area contributed by atoms with Crippen LogP contribution in [0.2, 0.25) is 0 Å². The molecule has 8 heteroatoms. The molecule has 0 bridgehead atoms. The van der Waals surface area contributed by atoms with E-state index >= 15 is 0 Å². The first-order valence-corrected chi connectivity index (χ1v) is 5.55. The van der Waals surface area contributed by atoms with Crippen molar-refractivity contribution in [1.82, 2.24) is 4.98 Å². The Morgan fingerprint density at radius 2 is 2.17 bits per heavy atom. The van der Waals surface area contributed by atoms with Crippen LogP contribution >= 0.6 is 12.6 Å². The molecule has 0 fully saturated rings. The summed E-state index contributed by atoms with van der Waals surface area (Å²) in [5.74, 6) is -0.861. The quantitative estimate of drug-likeness (QED) is 0.563. The van der Waals surface area contributed by atoms with Gasteiger partial charge in [0, 0.05) is 17.5 Å². The van der Waals surface area contributed by atoms with E-state index in [9.17, 15) is 14.7 Å². The topological polar surface area (TPSA) is 129 Å². The molecule has 2 amide bonds. The highest BCUT2D eigenvalue weighted by Crippen LogP contribution is 2.31. The second-order valence-corrected chi connectivity index (χ2v) is 3.81. The van der Waals surface area contributed by atoms with Crippen molar-refractivity contribution in [3.8, 4) is 5.75 Å². The summed E-state index contributed by atoms with van der Waals surface area (Å²) >= 11 is 4.04. The molecule has 0 spiro atoms. The summed E-state index contributed by atoms with van der Waals surface area (Å²) in [6.45, 7) is 1.54. The number of hydrogen-bond acceptors (Lipinski definition) is 6. The van der Waals surface area contributed by atoms with Gasteiger partial charge in [-0.05, 0) is 12.5 Å². The Morgan fingerprint density at radius 3 is 2.61 bits per heavy atom. The number of rotatable bonds is 4. The Hall–Kier alpha value is -1.80. The smallest absolute Gasteiger partial charge is 0.408 e. The highest BCUT2D eigenvalue weighted by atomic mass is 32.1. The highest BCUT2D eigenvalue weighted by Gasteiger charge is 2.25. The van der Waals surface area contributed by atoms with Gasteiger partial charge in [0.25, 0.3) is 5.91 Å². The van der Waals surface area contributed by atoms with Crippen molar-refractivity contribution in [3.63, 3.8) is 0 Å². The van der Waals surface area contributed by atoms with E-state index in [1.54, 1.807) is 0 Å². The van der Waals surface area contributed by atoms with Gasteiger partial charge in [-0.2, -0.15) is 12.6 Å². The summed E-state index contributed by atoms with van der Waals surface area (Å²) in [5, 5.41) is 9.76. The Kier molecular flexibility index (Phi) is 4.51. The summed E-state index contributed by atoms with van der Waals surface area (Å²) in [7, 11) is 0. The van der Waals surface area contributed by atoms with Crippen LogP contribution in [0.3, 0.4) is 0 Å². The average molecular weight is 271 g/mol. The van der Waals surface area contributed by atoms with Crippen molar-refractivity contribution in [2.45, 2.75) is 18.8 Å². The van der Waals surface area contributed by atoms with Crippen LogP contribution in [0.15, 0.2) is 6.20 Å². The van der Waals surface area contributed by atoms with E-state index in [1.165, 1.54) is 13.1 Å². The van der Waals surface area contributed by atoms with Crippen LogP contribution in [0.5, 0.6) is 5.75 Å². The summed E-state index contributed by atoms with van der Waals surface area (Å²) < 4.78 is 4.76. The zero-order valence-corrected chi connectivity index (χ0v) is 10.5. The van der Waals surface area contributed by atoms with Crippen molar-refractivity contribution in [1.29, 1.82) is 0 Å². The molecule has 5 N–H and O–H groups in total. The molecule has 7 nitrogen and oxygen atoms in total. The van der Waals surface area contributed by atoms with Gasteiger partial charge in [0.2, 0.25) is 0 Å². The van der Waals surface area contributed by atoms with Crippen LogP contribution in [0.25, 0.3) is 0 Å². The fourth-order valence-electron chi connectivity index (χ4n) is 1.44. The number of aromatic nitrogens is 1. The number of nitrogens with zero attached hydrogens (tertiary/aromatic N) is 1. The van der Waals surface area contributed by atoms with Crippen molar-refractivity contribution in [2.24, 2.45) is 11.5 Å². The number of aliphatic hydroxyl groups is 1. The molecule has 0 aliphatic rings. The Bertz CT molecular complexity index is 492. The molecule has 1 heterocycles. The van der Waals surface area contributed by atoms with Crippen LogP contribution in [0.1, 0.15) is 22.9 Å². The molecule has 1 aromatic heterocycles. The van der Waals surface area contributed by atoms with Gasteiger partial charge in [-0.15, -0.1) is 0 Å². The van der Waals surface area contributed by atoms with Crippen molar-refractivity contribution in [2.75, 3.05) is 0 Å². The highest BCUT2D eigenvalue weighted by molar-refractivity contribution is 7.79. The van der Waals surface area contributed by atoms with E-state index in [0.717, 1.165) is 0 Å². The monoisotopic (exact) mass is 271 g/mol. The van der Waals surface area contributed by atoms with E-state index in [1.807, 2.05) is 0 Å². The first kappa shape index (κ1) is 14.3. The van der Waals surface area contributed by atoms with E-state index < -0.39 is 18.1 Å². The molecule has 0 aromatic carbocycles. The standard InChI is InChI=1S/C10H13N3O4S/c1-4-8(17-10(12)16)6(7(14)9(11)15)5(3-18)2-13-4/h2,7,14,18H,3H2,1H3,(H2,11,15)(H2,12,16). The lowest BCUT2D eigenvalue weighted by Gasteiger charge is -2.17. The predicted molar refractivity (Wildman–Crippen MR) is 66.0 cm³/mol. The molecule has 0 aliphatic carbocycles. The SMILES string of the molecule is Cc1ncc(CS)c(C(O)C(N)=O)c1OC(N)=O. The minimum Gasteiger partial charge on any atom is -0.408 e. The van der Waals surface area contributed by atoms with E-state index in [0.29, 0.717) is 11.3 Å². The van der Waals surface area contributed by atoms with Crippen molar-refractivity contribution < 1.29 is 19.4 Å². The van der Waals surface area contributed by atoms with Crippen LogP contribution in [-0.4, -0.2) is 22.1 Å². The molecular weight excluding hydrogens is 258 g/mol. The number of pyridine rings is 1. The molecule has 1 aromatic rings. The second kappa shape index (κ2) is 5.69. The van der Waals surface area contributed by atoms with E-state index in [-0.39, 0.29) is 17.1 Å². The number of nitrogens with two attached hydrogens (primary N) is 2. The molecule has 0 saturated heterocycles. The molecule has 1 rings (SSSR count). The molecular formula is C10H13N3O4S. The summed E-state index contributed by atoms with van der Waals surface area (Å²) in [4.78, 5) is 25.9. The largest absolute Gasteiger partial charge is 0.410 e. The van der Waals surface area contributed by atoms with Gasteiger partial charge in [0.15, 0.2) is 11.9 Å². The van der Waals surface area contributed by atoms with Gasteiger partial charge < -0.3 is 21.3 Å². The minimum absolute atomic E-state index is 0.0591. The van der Waals surface area contributed by atoms with Gasteiger partial charge in [0.1, 0.15) is 0 Å². The van der Waals surface area contributed by atoms with Gasteiger partial charge in [-0.1, -0.05) is 0 Å². The Balaban J connectivity index is 3.45. The maximum Gasteiger partial charge on any atom is 0.410 e. The number of primary amides is 2. The zero-order valence-electron chi connectivity index (χ0n) is 9.58. The fourth-order valence-corrected chi connectivity index (χ4v) is 1.69. The molecule has 0 saturated carbocycles. The molecule has 18 heavy (non-hydrogen) atoms. The van der Waals surface area contributed by atoms with Gasteiger partial charge in [0.05, 0.1) is 5.69 Å². The summed E-state index contributed by atoms with van der Waals surface area (Å²) in [5.41, 5.74) is 10.7. The fraction of sp³-hybridized carbons (Fsp3) is 0.300. The lowest BCUT2D eigenvalue weighted by Crippen LogP contribution is -2.25. The zero-order chi connectivity index (χ0) is 13.9. The lowest BCUT2D eigenvalue weighted by atomic mass is 10.0. The van der Waals surface area contributed by atoms with Crippen LogP contribution in [0, 0.1) is 6.92 Å². The number of carbonyl (C=O) groups excluding carboxylic acids is 2. The number of aliphatic hydroxyl groups excluding tert-OH is 1. The van der Waals surface area contributed by atoms with Crippen LogP contribution in [0.4, 0.5) is 4.79 Å². The molecule has 0 radical (unpaired) electrons. The molecule has 1 atom stereocenters. The van der Waals surface area contributed by atoms with Crippen LogP contribution in [-0.2, 0) is 10.5 Å². The third kappa shape index (κ3) is 2.90. The van der Waals surface area contributed by atoms with Crippen LogP contribution < -0.4 is 16.2 Å². The third-order valence-electron chi connectivity index (χ3n) is 2.25. The number of aryl methyl sites for hydroxylation is 1.